The van der Waals surface area contributed by atoms with Crippen molar-refractivity contribution in [2.24, 2.45) is 0 Å². The summed E-state index contributed by atoms with van der Waals surface area (Å²) in [7, 11) is 0. The maximum Gasteiger partial charge on any atom is 0.304 e. The Morgan fingerprint density at radius 2 is 2.37 bits per heavy atom. The molecule has 0 fully saturated rings. The summed E-state index contributed by atoms with van der Waals surface area (Å²) >= 11 is 9.15. The molecule has 1 aliphatic rings. The molecule has 0 saturated carbocycles. The summed E-state index contributed by atoms with van der Waals surface area (Å²) in [4.78, 5) is 15.2. The zero-order valence-electron chi connectivity index (χ0n) is 10.1. The molecule has 1 atom stereocenters. The van der Waals surface area contributed by atoms with Gasteiger partial charge in [0.25, 0.3) is 0 Å². The average molecular weight is 313 g/mol. The summed E-state index contributed by atoms with van der Waals surface area (Å²) in [5.74, 6) is 1.10. The zero-order chi connectivity index (χ0) is 13.2. The Kier molecular flexibility index (Phi) is 3.98. The maximum atomic E-state index is 11.1. The lowest BCUT2D eigenvalue weighted by molar-refractivity contribution is 0.506. The molecule has 1 unspecified atom stereocenters. The van der Waals surface area contributed by atoms with Crippen LogP contribution in [0.4, 0.5) is 0 Å². The van der Waals surface area contributed by atoms with E-state index >= 15 is 0 Å². The Balaban J connectivity index is 1.76. The van der Waals surface area contributed by atoms with Crippen LogP contribution in [0.15, 0.2) is 33.3 Å². The number of thioether (sulfide) groups is 1. The second-order valence-corrected chi connectivity index (χ2v) is 6.84. The maximum absolute atomic E-state index is 11.1. The summed E-state index contributed by atoms with van der Waals surface area (Å²) in [5, 5.41) is 6.14. The SMILES string of the molecule is O=c1[nH]c(CNC2CCSc3ccc(Cl)cc32)cs1. The Morgan fingerprint density at radius 1 is 1.47 bits per heavy atom. The van der Waals surface area contributed by atoms with Crippen LogP contribution in [0.25, 0.3) is 0 Å². The van der Waals surface area contributed by atoms with Gasteiger partial charge in [-0.05, 0) is 35.9 Å². The first-order valence-corrected chi connectivity index (χ1v) is 8.29. The summed E-state index contributed by atoms with van der Waals surface area (Å²) < 4.78 is 0. The third-order valence-electron chi connectivity index (χ3n) is 3.12. The largest absolute Gasteiger partial charge is 0.315 e. The van der Waals surface area contributed by atoms with Crippen LogP contribution >= 0.6 is 34.7 Å². The fourth-order valence-electron chi connectivity index (χ4n) is 2.21. The lowest BCUT2D eigenvalue weighted by Crippen LogP contribution is -2.24. The minimum absolute atomic E-state index is 0.000515. The second-order valence-electron chi connectivity index (χ2n) is 4.43. The van der Waals surface area contributed by atoms with Crippen molar-refractivity contribution in [1.29, 1.82) is 0 Å². The van der Waals surface area contributed by atoms with Gasteiger partial charge in [0, 0.05) is 33.6 Å². The van der Waals surface area contributed by atoms with E-state index in [0.717, 1.165) is 22.9 Å². The van der Waals surface area contributed by atoms with E-state index in [4.69, 9.17) is 11.6 Å². The summed E-state index contributed by atoms with van der Waals surface area (Å²) in [6.07, 6.45) is 1.08. The van der Waals surface area contributed by atoms with Gasteiger partial charge < -0.3 is 10.3 Å². The van der Waals surface area contributed by atoms with Crippen molar-refractivity contribution in [3.63, 3.8) is 0 Å². The molecule has 2 aromatic rings. The Hall–Kier alpha value is -0.750. The van der Waals surface area contributed by atoms with Crippen molar-refractivity contribution in [2.45, 2.75) is 23.9 Å². The number of aromatic nitrogens is 1. The molecule has 2 N–H and O–H groups in total. The van der Waals surface area contributed by atoms with E-state index in [9.17, 15) is 4.79 Å². The fraction of sp³-hybridized carbons (Fsp3) is 0.308. The third-order valence-corrected chi connectivity index (χ3v) is 5.20. The van der Waals surface area contributed by atoms with Gasteiger partial charge in [-0.25, -0.2) is 0 Å². The lowest BCUT2D eigenvalue weighted by atomic mass is 10.0. The quantitative estimate of drug-likeness (QED) is 0.913. The highest BCUT2D eigenvalue weighted by atomic mass is 35.5. The Bertz CT molecular complexity index is 638. The van der Waals surface area contributed by atoms with Crippen LogP contribution in [0.3, 0.4) is 0 Å². The number of hydrogen-bond acceptors (Lipinski definition) is 4. The van der Waals surface area contributed by atoms with E-state index in [0.29, 0.717) is 12.6 Å². The van der Waals surface area contributed by atoms with E-state index in [1.807, 2.05) is 29.3 Å². The summed E-state index contributed by atoms with van der Waals surface area (Å²) in [5.41, 5.74) is 2.21. The van der Waals surface area contributed by atoms with E-state index in [1.165, 1.54) is 21.8 Å². The monoisotopic (exact) mass is 312 g/mol. The highest BCUT2D eigenvalue weighted by Crippen LogP contribution is 2.37. The van der Waals surface area contributed by atoms with Crippen molar-refractivity contribution in [3.8, 4) is 0 Å². The first-order valence-electron chi connectivity index (χ1n) is 6.05. The minimum Gasteiger partial charge on any atom is -0.315 e. The first kappa shape index (κ1) is 13.2. The van der Waals surface area contributed by atoms with Crippen molar-refractivity contribution < 1.29 is 0 Å². The van der Waals surface area contributed by atoms with Gasteiger partial charge in [-0.1, -0.05) is 22.9 Å². The van der Waals surface area contributed by atoms with Gasteiger partial charge in [-0.3, -0.25) is 4.79 Å². The highest BCUT2D eigenvalue weighted by molar-refractivity contribution is 7.99. The van der Waals surface area contributed by atoms with Crippen LogP contribution in [-0.4, -0.2) is 10.7 Å². The van der Waals surface area contributed by atoms with Crippen LogP contribution in [0.5, 0.6) is 0 Å². The minimum atomic E-state index is -0.000515. The standard InChI is InChI=1S/C13H13ClN2OS2/c14-8-1-2-12-10(5-8)11(3-4-18-12)15-6-9-7-19-13(17)16-9/h1-2,5,7,11,15H,3-4,6H2,(H,16,17). The average Bonchev–Trinajstić information content (AvgIpc) is 2.82. The fourth-order valence-corrected chi connectivity index (χ4v) is 4.08. The molecular weight excluding hydrogens is 300 g/mol. The van der Waals surface area contributed by atoms with Gasteiger partial charge in [0.1, 0.15) is 0 Å². The number of fused-ring (bicyclic) bond motifs is 1. The van der Waals surface area contributed by atoms with Gasteiger partial charge in [0.2, 0.25) is 0 Å². The molecule has 6 heteroatoms. The molecule has 3 rings (SSSR count). The van der Waals surface area contributed by atoms with E-state index in [-0.39, 0.29) is 4.87 Å². The Labute approximate surface area is 124 Å². The number of halogens is 1. The summed E-state index contributed by atoms with van der Waals surface area (Å²) in [6.45, 7) is 0.681. The van der Waals surface area contributed by atoms with Gasteiger partial charge in [0.15, 0.2) is 0 Å². The smallest absolute Gasteiger partial charge is 0.304 e. The zero-order valence-corrected chi connectivity index (χ0v) is 12.5. The molecule has 0 spiro atoms. The molecule has 0 aliphatic carbocycles. The van der Waals surface area contributed by atoms with E-state index in [1.54, 1.807) is 0 Å². The molecule has 0 saturated heterocycles. The second kappa shape index (κ2) is 5.71. The van der Waals surface area contributed by atoms with Crippen molar-refractivity contribution in [2.75, 3.05) is 5.75 Å². The lowest BCUT2D eigenvalue weighted by Gasteiger charge is -2.26. The molecule has 0 amide bonds. The van der Waals surface area contributed by atoms with Crippen LogP contribution in [0, 0.1) is 0 Å². The predicted octanol–water partition coefficient (Wildman–Crippen LogP) is 3.42. The van der Waals surface area contributed by atoms with E-state index in [2.05, 4.69) is 16.4 Å². The van der Waals surface area contributed by atoms with Crippen molar-refractivity contribution >= 4 is 34.7 Å². The molecule has 1 aromatic carbocycles. The molecule has 1 aliphatic heterocycles. The van der Waals surface area contributed by atoms with Crippen LogP contribution in [0.2, 0.25) is 5.02 Å². The summed E-state index contributed by atoms with van der Waals surface area (Å²) in [6, 6.07) is 6.37. The highest BCUT2D eigenvalue weighted by Gasteiger charge is 2.20. The predicted molar refractivity (Wildman–Crippen MR) is 81.3 cm³/mol. The molecular formula is C13H13ClN2OS2. The number of thiazole rings is 1. The van der Waals surface area contributed by atoms with Gasteiger partial charge >= 0.3 is 4.87 Å². The molecule has 2 heterocycles. The normalized spacial score (nSPS) is 18.3. The van der Waals surface area contributed by atoms with Gasteiger partial charge in [0.05, 0.1) is 0 Å². The van der Waals surface area contributed by atoms with Crippen LogP contribution < -0.4 is 10.2 Å². The van der Waals surface area contributed by atoms with E-state index < -0.39 is 0 Å². The molecule has 19 heavy (non-hydrogen) atoms. The topological polar surface area (TPSA) is 44.9 Å². The van der Waals surface area contributed by atoms with Crippen molar-refractivity contribution in [1.82, 2.24) is 10.3 Å². The van der Waals surface area contributed by atoms with Crippen LogP contribution in [0.1, 0.15) is 23.7 Å². The number of rotatable bonds is 3. The Morgan fingerprint density at radius 3 is 3.16 bits per heavy atom. The van der Waals surface area contributed by atoms with Gasteiger partial charge in [-0.2, -0.15) is 0 Å². The third kappa shape index (κ3) is 3.05. The number of nitrogens with one attached hydrogen (secondary N) is 2. The first-order chi connectivity index (χ1) is 9.22. The number of aromatic amines is 1. The molecule has 0 radical (unpaired) electrons. The molecule has 0 bridgehead atoms. The van der Waals surface area contributed by atoms with Gasteiger partial charge in [-0.15, -0.1) is 11.8 Å². The number of H-pyrrole nitrogens is 1. The molecule has 3 nitrogen and oxygen atoms in total. The number of benzene rings is 1. The molecule has 1 aromatic heterocycles. The molecule has 100 valence electrons. The van der Waals surface area contributed by atoms with Crippen molar-refractivity contribution in [3.05, 3.63) is 49.5 Å². The van der Waals surface area contributed by atoms with Crippen LogP contribution in [-0.2, 0) is 6.54 Å². The number of hydrogen-bond donors (Lipinski definition) is 2.